The Morgan fingerprint density at radius 1 is 1.33 bits per heavy atom. The number of benzene rings is 1. The zero-order chi connectivity index (χ0) is 16.7. The summed E-state index contributed by atoms with van der Waals surface area (Å²) in [6, 6.07) is 9.99. The zero-order valence-electron chi connectivity index (χ0n) is 13.7. The lowest BCUT2D eigenvalue weighted by atomic mass is 10.2. The molecule has 0 atom stereocenters. The first-order valence-electron chi connectivity index (χ1n) is 7.45. The maximum atomic E-state index is 12.8. The van der Waals surface area contributed by atoms with Crippen LogP contribution in [0, 0.1) is 0 Å². The lowest BCUT2D eigenvalue weighted by Gasteiger charge is -2.22. The Morgan fingerprint density at radius 2 is 2.04 bits per heavy atom. The minimum Gasteiger partial charge on any atom is -0.357 e. The molecule has 0 spiro atoms. The van der Waals surface area contributed by atoms with E-state index in [0.717, 1.165) is 10.1 Å². The summed E-state index contributed by atoms with van der Waals surface area (Å²) >= 11 is 0. The summed E-state index contributed by atoms with van der Waals surface area (Å²) in [6.45, 7) is 0.828. The van der Waals surface area contributed by atoms with Crippen LogP contribution in [0.5, 0.6) is 0 Å². The van der Waals surface area contributed by atoms with Gasteiger partial charge in [0, 0.05) is 32.5 Å². The van der Waals surface area contributed by atoms with Crippen molar-refractivity contribution in [1.82, 2.24) is 19.8 Å². The van der Waals surface area contributed by atoms with E-state index in [4.69, 9.17) is 0 Å². The molecule has 0 radical (unpaired) electrons. The van der Waals surface area contributed by atoms with Crippen LogP contribution in [0.15, 0.2) is 47.7 Å². The second-order valence-corrected chi connectivity index (χ2v) is 5.04. The van der Waals surface area contributed by atoms with Crippen LogP contribution in [0.3, 0.4) is 0 Å². The maximum Gasteiger partial charge on any atom is 0.319 e. The van der Waals surface area contributed by atoms with Crippen molar-refractivity contribution < 1.29 is 8.78 Å². The molecule has 0 aliphatic rings. The standard InChI is InChI=1S/C16H21F2N5.HI/c1-3-19-16(22(2)12-13-7-5-4-6-8-13)21-11-14-20-9-10-23(14)15(17)18;/h4-10,15H,3,11-12H2,1-2H3,(H,19,21);1H. The molecule has 0 saturated heterocycles. The Kier molecular flexibility index (Phi) is 8.66. The SMILES string of the molecule is CCNC(=NCc1nccn1C(F)F)N(C)Cc1ccccc1.I. The second kappa shape index (κ2) is 10.2. The highest BCUT2D eigenvalue weighted by atomic mass is 127. The third-order valence-electron chi connectivity index (χ3n) is 3.29. The van der Waals surface area contributed by atoms with Crippen LogP contribution >= 0.6 is 24.0 Å². The lowest BCUT2D eigenvalue weighted by molar-refractivity contribution is 0.0671. The largest absolute Gasteiger partial charge is 0.357 e. The average Bonchev–Trinajstić information content (AvgIpc) is 3.01. The minimum absolute atomic E-state index is 0. The molecule has 0 fully saturated rings. The smallest absolute Gasteiger partial charge is 0.319 e. The summed E-state index contributed by atoms with van der Waals surface area (Å²) < 4.78 is 26.5. The van der Waals surface area contributed by atoms with Crippen molar-refractivity contribution in [3.8, 4) is 0 Å². The van der Waals surface area contributed by atoms with E-state index in [0.29, 0.717) is 19.0 Å². The number of aromatic nitrogens is 2. The summed E-state index contributed by atoms with van der Waals surface area (Å²) in [5, 5.41) is 3.17. The Morgan fingerprint density at radius 3 is 2.67 bits per heavy atom. The van der Waals surface area contributed by atoms with Crippen LogP contribution in [0.1, 0.15) is 24.9 Å². The second-order valence-electron chi connectivity index (χ2n) is 5.04. The number of guanidine groups is 1. The first-order valence-corrected chi connectivity index (χ1v) is 7.45. The summed E-state index contributed by atoms with van der Waals surface area (Å²) in [4.78, 5) is 10.3. The molecular weight excluding hydrogens is 427 g/mol. The zero-order valence-corrected chi connectivity index (χ0v) is 16.0. The molecule has 0 saturated carbocycles. The Labute approximate surface area is 157 Å². The van der Waals surface area contributed by atoms with Crippen LogP contribution in [-0.2, 0) is 13.1 Å². The highest BCUT2D eigenvalue weighted by Gasteiger charge is 2.12. The fourth-order valence-corrected chi connectivity index (χ4v) is 2.19. The van der Waals surface area contributed by atoms with E-state index in [-0.39, 0.29) is 36.3 Å². The highest BCUT2D eigenvalue weighted by Crippen LogP contribution is 2.13. The van der Waals surface area contributed by atoms with Gasteiger partial charge in [-0.3, -0.25) is 4.57 Å². The molecule has 0 bridgehead atoms. The summed E-state index contributed by atoms with van der Waals surface area (Å²) in [6.07, 6.45) is 2.62. The normalized spacial score (nSPS) is 11.3. The van der Waals surface area contributed by atoms with Crippen molar-refractivity contribution in [2.45, 2.75) is 26.6 Å². The van der Waals surface area contributed by atoms with Crippen molar-refractivity contribution in [2.24, 2.45) is 4.99 Å². The predicted octanol–water partition coefficient (Wildman–Crippen LogP) is 3.49. The number of halogens is 3. The number of aliphatic imine (C=N–C) groups is 1. The molecule has 5 nitrogen and oxygen atoms in total. The van der Waals surface area contributed by atoms with Gasteiger partial charge in [0.1, 0.15) is 12.4 Å². The van der Waals surface area contributed by atoms with Crippen molar-refractivity contribution in [2.75, 3.05) is 13.6 Å². The number of rotatable bonds is 6. The van der Waals surface area contributed by atoms with E-state index in [1.807, 2.05) is 49.2 Å². The van der Waals surface area contributed by atoms with Gasteiger partial charge in [0.05, 0.1) is 0 Å². The highest BCUT2D eigenvalue weighted by molar-refractivity contribution is 14.0. The number of hydrogen-bond donors (Lipinski definition) is 1. The fraction of sp³-hybridized carbons (Fsp3) is 0.375. The quantitative estimate of drug-likeness (QED) is 0.417. The van der Waals surface area contributed by atoms with Gasteiger partial charge in [-0.05, 0) is 12.5 Å². The van der Waals surface area contributed by atoms with Gasteiger partial charge < -0.3 is 10.2 Å². The average molecular weight is 449 g/mol. The third-order valence-corrected chi connectivity index (χ3v) is 3.29. The molecule has 1 aromatic heterocycles. The van der Waals surface area contributed by atoms with E-state index in [1.165, 1.54) is 12.4 Å². The van der Waals surface area contributed by atoms with Crippen LogP contribution in [-0.4, -0.2) is 34.0 Å². The van der Waals surface area contributed by atoms with Crippen LogP contribution in [0.25, 0.3) is 0 Å². The van der Waals surface area contributed by atoms with Crippen molar-refractivity contribution in [3.05, 3.63) is 54.1 Å². The molecule has 132 valence electrons. The first-order chi connectivity index (χ1) is 11.1. The summed E-state index contributed by atoms with van der Waals surface area (Å²) in [7, 11) is 1.91. The molecule has 2 rings (SSSR count). The molecule has 0 aliphatic carbocycles. The van der Waals surface area contributed by atoms with Gasteiger partial charge >= 0.3 is 6.55 Å². The molecule has 24 heavy (non-hydrogen) atoms. The Hall–Kier alpha value is -1.71. The number of imidazole rings is 1. The summed E-state index contributed by atoms with van der Waals surface area (Å²) in [5.74, 6) is 0.892. The molecule has 1 N–H and O–H groups in total. The molecule has 0 unspecified atom stereocenters. The first kappa shape index (κ1) is 20.3. The van der Waals surface area contributed by atoms with Gasteiger partial charge in [-0.25, -0.2) is 9.98 Å². The van der Waals surface area contributed by atoms with Crippen LogP contribution < -0.4 is 5.32 Å². The molecule has 1 heterocycles. The molecular formula is C16H22F2IN5. The lowest BCUT2D eigenvalue weighted by Crippen LogP contribution is -2.38. The number of nitrogens with one attached hydrogen (secondary N) is 1. The van der Waals surface area contributed by atoms with Crippen molar-refractivity contribution in [1.29, 1.82) is 0 Å². The van der Waals surface area contributed by atoms with Gasteiger partial charge in [0.2, 0.25) is 0 Å². The van der Waals surface area contributed by atoms with Crippen molar-refractivity contribution in [3.63, 3.8) is 0 Å². The molecule has 0 aliphatic heterocycles. The summed E-state index contributed by atoms with van der Waals surface area (Å²) in [5.41, 5.74) is 1.15. The molecule has 2 aromatic rings. The monoisotopic (exact) mass is 449 g/mol. The van der Waals surface area contributed by atoms with E-state index in [9.17, 15) is 8.78 Å². The molecule has 0 amide bonds. The fourth-order valence-electron chi connectivity index (χ4n) is 2.19. The Bertz CT molecular complexity index is 630. The third kappa shape index (κ3) is 5.73. The van der Waals surface area contributed by atoms with E-state index < -0.39 is 6.55 Å². The van der Waals surface area contributed by atoms with Gasteiger partial charge in [-0.2, -0.15) is 8.78 Å². The number of nitrogens with zero attached hydrogens (tertiary/aromatic N) is 4. The van der Waals surface area contributed by atoms with E-state index >= 15 is 0 Å². The minimum atomic E-state index is -2.60. The van der Waals surface area contributed by atoms with Gasteiger partial charge in [-0.1, -0.05) is 30.3 Å². The van der Waals surface area contributed by atoms with Gasteiger partial charge in [0.25, 0.3) is 0 Å². The van der Waals surface area contributed by atoms with E-state index in [2.05, 4.69) is 15.3 Å². The van der Waals surface area contributed by atoms with Gasteiger partial charge in [0.15, 0.2) is 5.96 Å². The number of hydrogen-bond acceptors (Lipinski definition) is 2. The molecule has 8 heteroatoms. The van der Waals surface area contributed by atoms with Crippen molar-refractivity contribution >= 4 is 29.9 Å². The Balaban J connectivity index is 0.00000288. The number of alkyl halides is 2. The van der Waals surface area contributed by atoms with Crippen LogP contribution in [0.4, 0.5) is 8.78 Å². The topological polar surface area (TPSA) is 45.5 Å². The maximum absolute atomic E-state index is 12.8. The van der Waals surface area contributed by atoms with Crippen LogP contribution in [0.2, 0.25) is 0 Å². The predicted molar refractivity (Wildman–Crippen MR) is 102 cm³/mol. The van der Waals surface area contributed by atoms with E-state index in [1.54, 1.807) is 0 Å². The van der Waals surface area contributed by atoms with Gasteiger partial charge in [-0.15, -0.1) is 24.0 Å². The molecule has 1 aromatic carbocycles.